The van der Waals surface area contributed by atoms with E-state index in [-0.39, 0.29) is 18.0 Å². The number of benzene rings is 1. The number of halogens is 2. The van der Waals surface area contributed by atoms with Gasteiger partial charge in [-0.3, -0.25) is 4.90 Å². The number of hydrogen-bond acceptors (Lipinski definition) is 3. The third-order valence-corrected chi connectivity index (χ3v) is 4.37. The molecule has 0 unspecified atom stereocenters. The Bertz CT molecular complexity index is 574. The Hall–Kier alpha value is -1.14. The molecule has 1 saturated heterocycles. The van der Waals surface area contributed by atoms with Crippen LogP contribution >= 0.6 is 15.9 Å². The van der Waals surface area contributed by atoms with Gasteiger partial charge in [0.25, 0.3) is 0 Å². The van der Waals surface area contributed by atoms with Crippen molar-refractivity contribution in [3.8, 4) is 0 Å². The van der Waals surface area contributed by atoms with Crippen LogP contribution in [0.3, 0.4) is 0 Å². The maximum atomic E-state index is 13.9. The van der Waals surface area contributed by atoms with Crippen LogP contribution < -0.4 is 0 Å². The van der Waals surface area contributed by atoms with E-state index in [9.17, 15) is 9.18 Å². The highest BCUT2D eigenvalue weighted by atomic mass is 79.9. The van der Waals surface area contributed by atoms with Gasteiger partial charge in [0, 0.05) is 42.8 Å². The van der Waals surface area contributed by atoms with Crippen LogP contribution in [0.25, 0.3) is 0 Å². The molecule has 4 nitrogen and oxygen atoms in total. The molecule has 6 heteroatoms. The summed E-state index contributed by atoms with van der Waals surface area (Å²) in [6.45, 7) is 7.68. The average molecular weight is 387 g/mol. The van der Waals surface area contributed by atoms with Crippen molar-refractivity contribution < 1.29 is 13.9 Å². The largest absolute Gasteiger partial charge is 0.444 e. The first-order chi connectivity index (χ1) is 10.7. The molecule has 0 aromatic heterocycles. The van der Waals surface area contributed by atoms with E-state index in [0.717, 1.165) is 24.0 Å². The Morgan fingerprint density at radius 2 is 2.17 bits per heavy atom. The maximum absolute atomic E-state index is 13.9. The van der Waals surface area contributed by atoms with E-state index in [1.807, 2.05) is 20.8 Å². The van der Waals surface area contributed by atoms with Gasteiger partial charge in [-0.15, -0.1) is 0 Å². The van der Waals surface area contributed by atoms with Crippen LogP contribution in [0.1, 0.15) is 32.8 Å². The van der Waals surface area contributed by atoms with Crippen molar-refractivity contribution in [2.75, 3.05) is 20.1 Å². The Morgan fingerprint density at radius 3 is 2.83 bits per heavy atom. The molecule has 0 saturated carbocycles. The molecule has 128 valence electrons. The highest BCUT2D eigenvalue weighted by Gasteiger charge is 2.31. The Kier molecular flexibility index (Phi) is 5.68. The van der Waals surface area contributed by atoms with Gasteiger partial charge in [-0.2, -0.15) is 0 Å². The van der Waals surface area contributed by atoms with Crippen LogP contribution in [0.4, 0.5) is 9.18 Å². The molecule has 0 aliphatic carbocycles. The number of ether oxygens (including phenoxy) is 1. The standard InChI is InChI=1S/C17H24BrFN2O2/c1-17(2,3)23-16(22)20(4)14-7-8-21(11-14)10-12-9-13(18)5-6-15(12)19/h5-6,9,14H,7-8,10-11H2,1-4H3/t14-/m1/s1. The first-order valence-electron chi connectivity index (χ1n) is 7.78. The summed E-state index contributed by atoms with van der Waals surface area (Å²) in [6, 6.07) is 5.07. The van der Waals surface area contributed by atoms with E-state index in [0.29, 0.717) is 12.1 Å². The van der Waals surface area contributed by atoms with Crippen molar-refractivity contribution >= 4 is 22.0 Å². The first kappa shape index (κ1) is 18.2. The zero-order valence-electron chi connectivity index (χ0n) is 14.1. The number of nitrogens with zero attached hydrogens (tertiary/aromatic N) is 2. The number of likely N-dealkylation sites (tertiary alicyclic amines) is 1. The average Bonchev–Trinajstić information content (AvgIpc) is 2.88. The number of carbonyl (C=O) groups is 1. The van der Waals surface area contributed by atoms with E-state index in [1.165, 1.54) is 6.07 Å². The molecule has 1 heterocycles. The van der Waals surface area contributed by atoms with Crippen LogP contribution in [-0.2, 0) is 11.3 Å². The number of likely N-dealkylation sites (N-methyl/N-ethyl adjacent to an activating group) is 1. The summed E-state index contributed by atoms with van der Waals surface area (Å²) in [5.74, 6) is -0.197. The van der Waals surface area contributed by atoms with Gasteiger partial charge in [-0.25, -0.2) is 9.18 Å². The lowest BCUT2D eigenvalue weighted by atomic mass is 10.2. The fraction of sp³-hybridized carbons (Fsp3) is 0.588. The molecule has 1 amide bonds. The number of amides is 1. The summed E-state index contributed by atoms with van der Waals surface area (Å²) in [6.07, 6.45) is 0.559. The Balaban J connectivity index is 1.93. The zero-order chi connectivity index (χ0) is 17.2. The number of hydrogen-bond donors (Lipinski definition) is 0. The van der Waals surface area contributed by atoms with Crippen molar-refractivity contribution in [2.24, 2.45) is 0 Å². The molecular weight excluding hydrogens is 363 g/mol. The molecule has 1 fully saturated rings. The van der Waals surface area contributed by atoms with Gasteiger partial charge < -0.3 is 9.64 Å². The second kappa shape index (κ2) is 7.18. The minimum absolute atomic E-state index is 0.0973. The fourth-order valence-corrected chi connectivity index (χ4v) is 3.07. The second-order valence-electron chi connectivity index (χ2n) is 7.00. The van der Waals surface area contributed by atoms with E-state index in [4.69, 9.17) is 4.74 Å². The molecule has 0 N–H and O–H groups in total. The highest BCUT2D eigenvalue weighted by Crippen LogP contribution is 2.22. The molecule has 0 spiro atoms. The molecule has 1 aromatic carbocycles. The van der Waals surface area contributed by atoms with Crippen molar-refractivity contribution in [3.63, 3.8) is 0 Å². The quantitative estimate of drug-likeness (QED) is 0.785. The predicted molar refractivity (Wildman–Crippen MR) is 91.8 cm³/mol. The van der Waals surface area contributed by atoms with Gasteiger partial charge in [0.05, 0.1) is 0 Å². The number of rotatable bonds is 3. The van der Waals surface area contributed by atoms with Crippen LogP contribution in [0.15, 0.2) is 22.7 Å². The molecule has 1 aliphatic rings. The Morgan fingerprint density at radius 1 is 1.48 bits per heavy atom. The molecule has 23 heavy (non-hydrogen) atoms. The van der Waals surface area contributed by atoms with Crippen LogP contribution in [0.5, 0.6) is 0 Å². The summed E-state index contributed by atoms with van der Waals surface area (Å²) >= 11 is 3.37. The van der Waals surface area contributed by atoms with Crippen molar-refractivity contribution in [2.45, 2.75) is 45.4 Å². The lowest BCUT2D eigenvalue weighted by Crippen LogP contribution is -2.42. The lowest BCUT2D eigenvalue weighted by molar-refractivity contribution is 0.0228. The van der Waals surface area contributed by atoms with Crippen LogP contribution in [0.2, 0.25) is 0 Å². The van der Waals surface area contributed by atoms with Gasteiger partial charge in [-0.05, 0) is 45.4 Å². The van der Waals surface area contributed by atoms with E-state index in [1.54, 1.807) is 24.1 Å². The number of carbonyl (C=O) groups excluding carboxylic acids is 1. The third kappa shape index (κ3) is 5.18. The minimum atomic E-state index is -0.497. The molecule has 1 atom stereocenters. The van der Waals surface area contributed by atoms with Gasteiger partial charge in [0.2, 0.25) is 0 Å². The molecule has 0 radical (unpaired) electrons. The van der Waals surface area contributed by atoms with Crippen LogP contribution in [0, 0.1) is 5.82 Å². The van der Waals surface area contributed by atoms with E-state index in [2.05, 4.69) is 20.8 Å². The summed E-state index contributed by atoms with van der Waals surface area (Å²) in [5.41, 5.74) is 0.170. The fourth-order valence-electron chi connectivity index (χ4n) is 2.66. The van der Waals surface area contributed by atoms with E-state index < -0.39 is 5.60 Å². The Labute approximate surface area is 145 Å². The molecule has 2 rings (SSSR count). The topological polar surface area (TPSA) is 32.8 Å². The summed E-state index contributed by atoms with van der Waals surface area (Å²) < 4.78 is 20.1. The molecular formula is C17H24BrFN2O2. The zero-order valence-corrected chi connectivity index (χ0v) is 15.7. The predicted octanol–water partition coefficient (Wildman–Crippen LogP) is 4.03. The van der Waals surface area contributed by atoms with Gasteiger partial charge >= 0.3 is 6.09 Å². The van der Waals surface area contributed by atoms with E-state index >= 15 is 0 Å². The van der Waals surface area contributed by atoms with Gasteiger partial charge in [0.1, 0.15) is 11.4 Å². The van der Waals surface area contributed by atoms with Crippen molar-refractivity contribution in [3.05, 3.63) is 34.1 Å². The SMILES string of the molecule is CN(C(=O)OC(C)(C)C)[C@@H]1CCN(Cc2cc(Br)ccc2F)C1. The second-order valence-corrected chi connectivity index (χ2v) is 7.92. The lowest BCUT2D eigenvalue weighted by Gasteiger charge is -2.28. The molecule has 0 bridgehead atoms. The third-order valence-electron chi connectivity index (χ3n) is 3.88. The smallest absolute Gasteiger partial charge is 0.410 e. The minimum Gasteiger partial charge on any atom is -0.444 e. The van der Waals surface area contributed by atoms with Gasteiger partial charge in [-0.1, -0.05) is 15.9 Å². The summed E-state index contributed by atoms with van der Waals surface area (Å²) in [7, 11) is 1.77. The normalized spacial score (nSPS) is 19.0. The van der Waals surface area contributed by atoms with Gasteiger partial charge in [0.15, 0.2) is 0 Å². The monoisotopic (exact) mass is 386 g/mol. The molecule has 1 aliphatic heterocycles. The maximum Gasteiger partial charge on any atom is 0.410 e. The molecule has 1 aromatic rings. The summed E-state index contributed by atoms with van der Waals surface area (Å²) in [5, 5.41) is 0. The first-order valence-corrected chi connectivity index (χ1v) is 8.57. The summed E-state index contributed by atoms with van der Waals surface area (Å²) in [4.78, 5) is 15.9. The van der Waals surface area contributed by atoms with Crippen LogP contribution in [-0.4, -0.2) is 47.7 Å². The highest BCUT2D eigenvalue weighted by molar-refractivity contribution is 9.10. The van der Waals surface area contributed by atoms with Crippen molar-refractivity contribution in [1.29, 1.82) is 0 Å². The van der Waals surface area contributed by atoms with Crippen molar-refractivity contribution in [1.82, 2.24) is 9.80 Å².